The lowest BCUT2D eigenvalue weighted by atomic mass is 10.1. The number of rotatable bonds is 0. The Morgan fingerprint density at radius 1 is 1.38 bits per heavy atom. The maximum atomic E-state index is 11.6. The minimum atomic E-state index is 0.120. The quantitative estimate of drug-likeness (QED) is 0.725. The molecule has 0 unspecified atom stereocenters. The van der Waals surface area contributed by atoms with E-state index < -0.39 is 0 Å². The van der Waals surface area contributed by atoms with Crippen molar-refractivity contribution in [3.05, 3.63) is 23.3 Å². The number of hydrogen-bond donors (Lipinski definition) is 1. The maximum Gasteiger partial charge on any atom is 0.223 e. The van der Waals surface area contributed by atoms with Gasteiger partial charge in [0.2, 0.25) is 5.91 Å². The highest BCUT2D eigenvalue weighted by Gasteiger charge is 2.19. The van der Waals surface area contributed by atoms with Crippen LogP contribution in [0.3, 0.4) is 0 Å². The first-order valence-corrected chi connectivity index (χ1v) is 5.73. The minimum Gasteiger partial charge on any atom is -0.383 e. The van der Waals surface area contributed by atoms with Crippen molar-refractivity contribution in [3.8, 4) is 0 Å². The summed E-state index contributed by atoms with van der Waals surface area (Å²) in [5, 5.41) is 3.41. The molecule has 2 rings (SSSR count). The van der Waals surface area contributed by atoms with Crippen molar-refractivity contribution in [2.24, 2.45) is 0 Å². The number of amides is 1. The first-order chi connectivity index (χ1) is 7.59. The number of nitrogens with zero attached hydrogens (tertiary/aromatic N) is 1. The van der Waals surface area contributed by atoms with Gasteiger partial charge in [0, 0.05) is 20.0 Å². The van der Waals surface area contributed by atoms with Gasteiger partial charge in [-0.25, -0.2) is 0 Å². The third-order valence-corrected chi connectivity index (χ3v) is 2.99. The van der Waals surface area contributed by atoms with Crippen LogP contribution in [0.2, 0.25) is 0 Å². The van der Waals surface area contributed by atoms with E-state index >= 15 is 0 Å². The summed E-state index contributed by atoms with van der Waals surface area (Å²) in [6.07, 6.45) is 0.993. The number of hydrogen-bond acceptors (Lipinski definition) is 2. The third kappa shape index (κ3) is 1.90. The fourth-order valence-corrected chi connectivity index (χ4v) is 2.29. The molecule has 0 aliphatic carbocycles. The van der Waals surface area contributed by atoms with Gasteiger partial charge in [0.25, 0.3) is 0 Å². The Labute approximate surface area is 96.5 Å². The number of carbonyl (C=O) groups is 1. The van der Waals surface area contributed by atoms with E-state index in [0.29, 0.717) is 0 Å². The molecule has 1 aromatic carbocycles. The Balaban J connectivity index is 2.55. The van der Waals surface area contributed by atoms with Gasteiger partial charge in [0.05, 0.1) is 11.4 Å². The van der Waals surface area contributed by atoms with Crippen LogP contribution in [0, 0.1) is 13.8 Å². The van der Waals surface area contributed by atoms with E-state index in [2.05, 4.69) is 31.3 Å². The van der Waals surface area contributed by atoms with E-state index in [-0.39, 0.29) is 5.91 Å². The number of anilines is 2. The summed E-state index contributed by atoms with van der Waals surface area (Å²) in [5.41, 5.74) is 4.55. The van der Waals surface area contributed by atoms with Crippen LogP contribution in [0.4, 0.5) is 11.4 Å². The summed E-state index contributed by atoms with van der Waals surface area (Å²) >= 11 is 0. The van der Waals surface area contributed by atoms with Gasteiger partial charge in [-0.1, -0.05) is 6.07 Å². The Kier molecular flexibility index (Phi) is 2.86. The Morgan fingerprint density at radius 2 is 2.12 bits per heavy atom. The zero-order valence-electron chi connectivity index (χ0n) is 10.1. The maximum absolute atomic E-state index is 11.6. The van der Waals surface area contributed by atoms with Gasteiger partial charge in [-0.15, -0.1) is 0 Å². The predicted molar refractivity (Wildman–Crippen MR) is 67.0 cm³/mol. The van der Waals surface area contributed by atoms with E-state index in [1.165, 1.54) is 11.1 Å². The summed E-state index contributed by atoms with van der Waals surface area (Å²) in [6.45, 7) is 7.52. The van der Waals surface area contributed by atoms with Crippen LogP contribution in [0.15, 0.2) is 12.1 Å². The van der Waals surface area contributed by atoms with Crippen molar-refractivity contribution in [3.63, 3.8) is 0 Å². The molecule has 0 bridgehead atoms. The highest BCUT2D eigenvalue weighted by Crippen LogP contribution is 2.32. The molecule has 1 N–H and O–H groups in total. The second kappa shape index (κ2) is 4.16. The van der Waals surface area contributed by atoms with E-state index in [1.54, 1.807) is 6.92 Å². The molecule has 1 aliphatic rings. The Hall–Kier alpha value is -1.51. The second-order valence-electron chi connectivity index (χ2n) is 4.43. The molecule has 0 radical (unpaired) electrons. The van der Waals surface area contributed by atoms with E-state index in [4.69, 9.17) is 0 Å². The van der Waals surface area contributed by atoms with Gasteiger partial charge in [0.1, 0.15) is 0 Å². The molecule has 1 aromatic rings. The standard InChI is InChI=1S/C13H18N2O/c1-9-7-10(2)13-12(8-9)15(11(3)16)6-4-5-14-13/h7-8,14H,4-6H2,1-3H3. The zero-order chi connectivity index (χ0) is 11.7. The van der Waals surface area contributed by atoms with Crippen molar-refractivity contribution in [1.82, 2.24) is 0 Å². The molecule has 1 heterocycles. The van der Waals surface area contributed by atoms with Crippen molar-refractivity contribution in [1.29, 1.82) is 0 Å². The Morgan fingerprint density at radius 3 is 2.81 bits per heavy atom. The second-order valence-corrected chi connectivity index (χ2v) is 4.43. The number of aryl methyl sites for hydroxylation is 2. The third-order valence-electron chi connectivity index (χ3n) is 2.99. The highest BCUT2D eigenvalue weighted by atomic mass is 16.2. The van der Waals surface area contributed by atoms with Crippen molar-refractivity contribution in [2.75, 3.05) is 23.3 Å². The number of nitrogens with one attached hydrogen (secondary N) is 1. The van der Waals surface area contributed by atoms with Crippen molar-refractivity contribution < 1.29 is 4.79 Å². The molecule has 16 heavy (non-hydrogen) atoms. The van der Waals surface area contributed by atoms with Crippen LogP contribution < -0.4 is 10.2 Å². The van der Waals surface area contributed by atoms with E-state index in [1.807, 2.05) is 4.90 Å². The van der Waals surface area contributed by atoms with E-state index in [0.717, 1.165) is 30.9 Å². The van der Waals surface area contributed by atoms with Crippen LogP contribution in [0.1, 0.15) is 24.5 Å². The van der Waals surface area contributed by atoms with Crippen LogP contribution >= 0.6 is 0 Å². The van der Waals surface area contributed by atoms with Crippen LogP contribution in [-0.4, -0.2) is 19.0 Å². The summed E-state index contributed by atoms with van der Waals surface area (Å²) < 4.78 is 0. The smallest absolute Gasteiger partial charge is 0.223 e. The van der Waals surface area contributed by atoms with Gasteiger partial charge in [-0.2, -0.15) is 0 Å². The molecule has 86 valence electrons. The predicted octanol–water partition coefficient (Wildman–Crippen LogP) is 2.47. The minimum absolute atomic E-state index is 0.120. The zero-order valence-corrected chi connectivity index (χ0v) is 10.1. The van der Waals surface area contributed by atoms with Crippen LogP contribution in [0.25, 0.3) is 0 Å². The molecule has 0 saturated carbocycles. The lowest BCUT2D eigenvalue weighted by molar-refractivity contribution is -0.116. The molecule has 3 nitrogen and oxygen atoms in total. The molecule has 0 aromatic heterocycles. The number of benzene rings is 1. The fourth-order valence-electron chi connectivity index (χ4n) is 2.29. The van der Waals surface area contributed by atoms with Gasteiger partial charge >= 0.3 is 0 Å². The summed E-state index contributed by atoms with van der Waals surface area (Å²) in [7, 11) is 0. The Bertz CT molecular complexity index is 426. The molecule has 0 spiro atoms. The average molecular weight is 218 g/mol. The topological polar surface area (TPSA) is 32.3 Å². The summed E-state index contributed by atoms with van der Waals surface area (Å²) in [4.78, 5) is 13.5. The summed E-state index contributed by atoms with van der Waals surface area (Å²) in [6, 6.07) is 4.23. The summed E-state index contributed by atoms with van der Waals surface area (Å²) in [5.74, 6) is 0.120. The normalized spacial score (nSPS) is 15.1. The molecular weight excluding hydrogens is 200 g/mol. The number of fused-ring (bicyclic) bond motifs is 1. The lowest BCUT2D eigenvalue weighted by Gasteiger charge is -2.22. The molecule has 1 aliphatic heterocycles. The molecular formula is C13H18N2O. The monoisotopic (exact) mass is 218 g/mol. The largest absolute Gasteiger partial charge is 0.383 e. The van der Waals surface area contributed by atoms with Gasteiger partial charge in [-0.05, 0) is 37.5 Å². The van der Waals surface area contributed by atoms with Crippen LogP contribution in [0.5, 0.6) is 0 Å². The average Bonchev–Trinajstić information content (AvgIpc) is 2.39. The van der Waals surface area contributed by atoms with Gasteiger partial charge < -0.3 is 10.2 Å². The fraction of sp³-hybridized carbons (Fsp3) is 0.462. The molecule has 0 fully saturated rings. The lowest BCUT2D eigenvalue weighted by Crippen LogP contribution is -2.29. The molecule has 0 saturated heterocycles. The molecule has 3 heteroatoms. The van der Waals surface area contributed by atoms with Gasteiger partial charge in [0.15, 0.2) is 0 Å². The number of carbonyl (C=O) groups excluding carboxylic acids is 1. The van der Waals surface area contributed by atoms with Crippen molar-refractivity contribution in [2.45, 2.75) is 27.2 Å². The van der Waals surface area contributed by atoms with Crippen LogP contribution in [-0.2, 0) is 4.79 Å². The first-order valence-electron chi connectivity index (χ1n) is 5.73. The van der Waals surface area contributed by atoms with Crippen molar-refractivity contribution >= 4 is 17.3 Å². The SMILES string of the molecule is CC(=O)N1CCCNc2c(C)cc(C)cc21. The van der Waals surface area contributed by atoms with Gasteiger partial charge in [-0.3, -0.25) is 4.79 Å². The molecule has 0 atom stereocenters. The molecule has 1 amide bonds. The first kappa shape index (κ1) is 11.0. The van der Waals surface area contributed by atoms with E-state index in [9.17, 15) is 4.79 Å². The highest BCUT2D eigenvalue weighted by molar-refractivity contribution is 5.96.